The molecule has 3 atom stereocenters. The first-order valence-corrected chi connectivity index (χ1v) is 23.0. The second-order valence-corrected chi connectivity index (χ2v) is 16.8. The van der Waals surface area contributed by atoms with Crippen molar-refractivity contribution in [3.63, 3.8) is 0 Å². The van der Waals surface area contributed by atoms with Gasteiger partial charge in [-0.2, -0.15) is 0 Å². The molecule has 0 aliphatic carbocycles. The van der Waals surface area contributed by atoms with Crippen molar-refractivity contribution in [3.8, 4) is 0 Å². The van der Waals surface area contributed by atoms with E-state index < -0.39 is 0 Å². The maximum absolute atomic E-state index is 13.0. The van der Waals surface area contributed by atoms with Gasteiger partial charge in [0, 0.05) is 94.2 Å². The molecule has 3 aromatic carbocycles. The highest BCUT2D eigenvalue weighted by atomic mass is 19.1. The number of hydrogen-bond acceptors (Lipinski definition) is 12. The zero-order valence-corrected chi connectivity index (χ0v) is 37.1. The highest BCUT2D eigenvalue weighted by Crippen LogP contribution is 2.28. The molecule has 6 aromatic rings. The number of piperidine rings is 3. The number of benzene rings is 3. The average Bonchev–Trinajstić information content (AvgIpc) is 3.38. The number of nitrogens with zero attached hydrogens (tertiary/aromatic N) is 9. The Morgan fingerprint density at radius 3 is 0.879 bits per heavy atom. The van der Waals surface area contributed by atoms with Crippen LogP contribution in [0, 0.1) is 11.6 Å². The highest BCUT2D eigenvalue weighted by molar-refractivity contribution is 5.38. The maximum atomic E-state index is 13.0. The molecule has 3 aliphatic heterocycles. The van der Waals surface area contributed by atoms with E-state index in [1.165, 1.54) is 82.1 Å². The number of aromatic nitrogens is 6. The molecule has 3 aliphatic rings. The number of aliphatic hydroxyl groups excluding tert-OH is 3. The van der Waals surface area contributed by atoms with Gasteiger partial charge in [0.15, 0.2) is 0 Å². The summed E-state index contributed by atoms with van der Waals surface area (Å²) in [6, 6.07) is 22.4. The maximum Gasteiger partial charge on any atom is 0.225 e. The molecule has 66 heavy (non-hydrogen) atoms. The summed E-state index contributed by atoms with van der Waals surface area (Å²) >= 11 is 0. The van der Waals surface area contributed by atoms with Crippen LogP contribution in [0.2, 0.25) is 0 Å². The molecule has 0 radical (unpaired) electrons. The largest absolute Gasteiger partial charge is 0.395 e. The van der Waals surface area contributed by atoms with Gasteiger partial charge >= 0.3 is 0 Å². The molecule has 1 unspecified atom stereocenters. The Balaban J connectivity index is 0.000000162. The SMILES string of the molecule is C.OCC(c1ccc(F)cc1)c1cnc(N2CCCCC2)nc1.OC[C@@H](c1ccc(F)cc1)c1cnc(N2CCCCC2)nc1.OC[C@H](c1ccccc1)c1cnc(N2CCCCC2)nc1. The molecule has 3 N–H and O–H groups in total. The van der Waals surface area contributed by atoms with Crippen LogP contribution in [0.25, 0.3) is 0 Å². The molecule has 0 bridgehead atoms. The average molecular weight is 902 g/mol. The van der Waals surface area contributed by atoms with E-state index in [0.717, 1.165) is 90.5 Å². The smallest absolute Gasteiger partial charge is 0.225 e. The lowest BCUT2D eigenvalue weighted by atomic mass is 9.94. The molecule has 9 rings (SSSR count). The summed E-state index contributed by atoms with van der Waals surface area (Å²) in [7, 11) is 0. The Morgan fingerprint density at radius 2 is 0.621 bits per heavy atom. The fraction of sp³-hybridized carbons (Fsp3) is 0.423. The molecule has 0 amide bonds. The monoisotopic (exact) mass is 902 g/mol. The van der Waals surface area contributed by atoms with E-state index >= 15 is 0 Å². The number of anilines is 3. The summed E-state index contributed by atoms with van der Waals surface area (Å²) in [6.45, 7) is 6.04. The Kier molecular flexibility index (Phi) is 19.2. The molecular formula is C52H65F2N9O3. The van der Waals surface area contributed by atoms with Crippen molar-refractivity contribution in [3.05, 3.63) is 161 Å². The zero-order chi connectivity index (χ0) is 45.2. The van der Waals surface area contributed by atoms with Crippen LogP contribution >= 0.6 is 0 Å². The van der Waals surface area contributed by atoms with Gasteiger partial charge in [-0.05, 0) is 115 Å². The molecule has 3 fully saturated rings. The van der Waals surface area contributed by atoms with Gasteiger partial charge in [-0.25, -0.2) is 38.7 Å². The topological polar surface area (TPSA) is 148 Å². The van der Waals surface area contributed by atoms with Gasteiger partial charge in [-0.15, -0.1) is 0 Å². The first-order valence-electron chi connectivity index (χ1n) is 23.0. The quantitative estimate of drug-likeness (QED) is 0.108. The van der Waals surface area contributed by atoms with E-state index in [9.17, 15) is 24.1 Å². The molecule has 14 heteroatoms. The predicted molar refractivity (Wildman–Crippen MR) is 257 cm³/mol. The van der Waals surface area contributed by atoms with Gasteiger partial charge in [0.05, 0.1) is 19.8 Å². The normalized spacial score (nSPS) is 16.3. The summed E-state index contributed by atoms with van der Waals surface area (Å²) in [5, 5.41) is 29.0. The number of aliphatic hydroxyl groups is 3. The van der Waals surface area contributed by atoms with Crippen molar-refractivity contribution in [2.24, 2.45) is 0 Å². The molecule has 0 spiro atoms. The van der Waals surface area contributed by atoms with Gasteiger partial charge in [0.25, 0.3) is 0 Å². The fourth-order valence-electron chi connectivity index (χ4n) is 8.59. The van der Waals surface area contributed by atoms with Crippen LogP contribution in [0.15, 0.2) is 116 Å². The minimum atomic E-state index is -0.280. The number of rotatable bonds is 12. The van der Waals surface area contributed by atoms with Crippen LogP contribution in [0.3, 0.4) is 0 Å². The van der Waals surface area contributed by atoms with Crippen molar-refractivity contribution in [1.29, 1.82) is 0 Å². The van der Waals surface area contributed by atoms with Crippen LogP contribution in [-0.2, 0) is 0 Å². The molecule has 3 saturated heterocycles. The highest BCUT2D eigenvalue weighted by Gasteiger charge is 2.20. The van der Waals surface area contributed by atoms with Gasteiger partial charge < -0.3 is 30.0 Å². The standard InChI is InChI=1S/2C17H20FN3O.C17H21N3O.CH4/c2*18-15-6-4-13(5-7-15)16(12-22)14-10-19-17(20-11-14)21-8-2-1-3-9-21;21-13-16(14-7-3-1-4-8-14)15-11-18-17(19-12-15)20-9-5-2-6-10-20;/h2*4-7,10-11,16,22H,1-3,8-9,12H2;1,3-4,7-8,11-12,16,21H,2,5-6,9-10,13H2;1H4/t16-;;16-;/m0.1./s1. The van der Waals surface area contributed by atoms with Crippen molar-refractivity contribution in [2.45, 2.75) is 83.0 Å². The third kappa shape index (κ3) is 13.6. The summed E-state index contributed by atoms with van der Waals surface area (Å²) < 4.78 is 26.0. The van der Waals surface area contributed by atoms with Crippen LogP contribution in [0.1, 0.15) is 116 Å². The summed E-state index contributed by atoms with van der Waals surface area (Å²) in [5.41, 5.74) is 5.46. The van der Waals surface area contributed by atoms with Crippen LogP contribution in [0.5, 0.6) is 0 Å². The van der Waals surface area contributed by atoms with Gasteiger partial charge in [-0.3, -0.25) is 0 Å². The summed E-state index contributed by atoms with van der Waals surface area (Å²) in [5.74, 6) is 1.24. The Hall–Kier alpha value is -5.96. The number of halogens is 2. The van der Waals surface area contributed by atoms with E-state index in [1.807, 2.05) is 42.7 Å². The third-order valence-corrected chi connectivity index (χ3v) is 12.4. The van der Waals surface area contributed by atoms with E-state index in [0.29, 0.717) is 0 Å². The second-order valence-electron chi connectivity index (χ2n) is 16.8. The fourth-order valence-corrected chi connectivity index (χ4v) is 8.59. The molecular weight excluding hydrogens is 837 g/mol. The van der Waals surface area contributed by atoms with Crippen LogP contribution in [-0.4, -0.2) is 104 Å². The summed E-state index contributed by atoms with van der Waals surface area (Å²) in [6.07, 6.45) is 21.8. The Morgan fingerprint density at radius 1 is 0.364 bits per heavy atom. The van der Waals surface area contributed by atoms with E-state index in [1.54, 1.807) is 49.1 Å². The molecule has 350 valence electrons. The predicted octanol–water partition coefficient (Wildman–Crippen LogP) is 8.69. The molecule has 6 heterocycles. The van der Waals surface area contributed by atoms with E-state index in [2.05, 4.69) is 44.6 Å². The number of hydrogen-bond donors (Lipinski definition) is 3. The van der Waals surface area contributed by atoms with Crippen LogP contribution < -0.4 is 14.7 Å². The van der Waals surface area contributed by atoms with Crippen molar-refractivity contribution >= 4 is 17.8 Å². The first-order chi connectivity index (χ1) is 31.9. The Bertz CT molecular complexity index is 2150. The zero-order valence-electron chi connectivity index (χ0n) is 37.1. The van der Waals surface area contributed by atoms with Crippen molar-refractivity contribution in [1.82, 2.24) is 29.9 Å². The van der Waals surface area contributed by atoms with Gasteiger partial charge in [0.1, 0.15) is 11.6 Å². The molecule has 3 aromatic heterocycles. The van der Waals surface area contributed by atoms with E-state index in [4.69, 9.17) is 0 Å². The van der Waals surface area contributed by atoms with Crippen molar-refractivity contribution < 1.29 is 24.1 Å². The van der Waals surface area contributed by atoms with Gasteiger partial charge in [0.2, 0.25) is 17.8 Å². The van der Waals surface area contributed by atoms with Gasteiger partial charge in [-0.1, -0.05) is 62.0 Å². The lowest BCUT2D eigenvalue weighted by Crippen LogP contribution is -2.31. The molecule has 12 nitrogen and oxygen atoms in total. The van der Waals surface area contributed by atoms with E-state index in [-0.39, 0.29) is 56.6 Å². The first kappa shape index (κ1) is 49.5. The minimum absolute atomic E-state index is 0. The lowest BCUT2D eigenvalue weighted by molar-refractivity contribution is 0.280. The minimum Gasteiger partial charge on any atom is -0.395 e. The third-order valence-electron chi connectivity index (χ3n) is 12.4. The van der Waals surface area contributed by atoms with Crippen molar-refractivity contribution in [2.75, 3.05) is 73.8 Å². The summed E-state index contributed by atoms with van der Waals surface area (Å²) in [4.78, 5) is 33.4. The van der Waals surface area contributed by atoms with Crippen LogP contribution in [0.4, 0.5) is 26.6 Å². The lowest BCUT2D eigenvalue weighted by Gasteiger charge is -2.26. The Labute approximate surface area is 388 Å². The molecule has 0 saturated carbocycles. The second kappa shape index (κ2) is 25.7.